The zero-order chi connectivity index (χ0) is 16.6. The highest BCUT2D eigenvalue weighted by Crippen LogP contribution is 2.34. The number of nitrogens with two attached hydrogens (primary N) is 1. The molecule has 23 heavy (non-hydrogen) atoms. The van der Waals surface area contributed by atoms with Gasteiger partial charge in [0.25, 0.3) is 0 Å². The maximum atomic E-state index is 10.1. The van der Waals surface area contributed by atoms with E-state index in [-0.39, 0.29) is 28.6 Å². The summed E-state index contributed by atoms with van der Waals surface area (Å²) < 4.78 is 5.45. The minimum atomic E-state index is -1.33. The van der Waals surface area contributed by atoms with E-state index in [4.69, 9.17) is 10.5 Å². The van der Waals surface area contributed by atoms with Crippen LogP contribution in [0, 0.1) is 11.3 Å². The number of ether oxygens (including phenoxy) is 1. The summed E-state index contributed by atoms with van der Waals surface area (Å²) in [5, 5.41) is 41.4. The number of hydrogen-bond donors (Lipinski definition) is 5. The Bertz CT molecular complexity index is 728. The van der Waals surface area contributed by atoms with Gasteiger partial charge >= 0.3 is 0 Å². The van der Waals surface area contributed by atoms with Crippen molar-refractivity contribution in [2.75, 3.05) is 17.7 Å². The molecule has 0 radical (unpaired) electrons. The Hall–Kier alpha value is -2.58. The van der Waals surface area contributed by atoms with Crippen molar-refractivity contribution in [3.63, 3.8) is 0 Å². The van der Waals surface area contributed by atoms with Gasteiger partial charge in [-0.25, -0.2) is 15.0 Å². The molecule has 3 rings (SSSR count). The minimum Gasteiger partial charge on any atom is -0.394 e. The molecule has 120 valence electrons. The van der Waals surface area contributed by atoms with Gasteiger partial charge in [-0.3, -0.25) is 0 Å². The van der Waals surface area contributed by atoms with Gasteiger partial charge in [0.2, 0.25) is 0 Å². The number of allylic oxidation sites excluding steroid dienone is 1. The first kappa shape index (κ1) is 15.3. The van der Waals surface area contributed by atoms with Crippen molar-refractivity contribution in [3.05, 3.63) is 17.6 Å². The van der Waals surface area contributed by atoms with Crippen LogP contribution in [0.2, 0.25) is 0 Å². The summed E-state index contributed by atoms with van der Waals surface area (Å²) in [7, 11) is 0. The molecule has 0 aromatic carbocycles. The molecule has 1 aromatic rings. The summed E-state index contributed by atoms with van der Waals surface area (Å²) in [5.41, 5.74) is 6.24. The lowest BCUT2D eigenvalue weighted by atomic mass is 10.0. The number of anilines is 2. The highest BCUT2D eigenvalue weighted by molar-refractivity contribution is 5.93. The number of fused-ring (bicyclic) bond motifs is 1. The second-order valence-electron chi connectivity index (χ2n) is 5.04. The number of hydrogen-bond acceptors (Lipinski definition) is 10. The number of nitriles is 1. The number of rotatable bonds is 2. The molecule has 0 bridgehead atoms. The average molecular weight is 318 g/mol. The lowest BCUT2D eigenvalue weighted by Crippen LogP contribution is -2.35. The molecule has 10 nitrogen and oxygen atoms in total. The molecule has 2 aliphatic heterocycles. The summed E-state index contributed by atoms with van der Waals surface area (Å²) in [4.78, 5) is 11.9. The van der Waals surface area contributed by atoms with E-state index in [1.54, 1.807) is 0 Å². The summed E-state index contributed by atoms with van der Waals surface area (Å²) in [6.45, 7) is -0.469. The van der Waals surface area contributed by atoms with E-state index in [0.717, 1.165) is 0 Å². The van der Waals surface area contributed by atoms with Crippen LogP contribution < -0.4 is 11.1 Å². The van der Waals surface area contributed by atoms with Crippen molar-refractivity contribution in [3.8, 4) is 6.07 Å². The van der Waals surface area contributed by atoms with Crippen LogP contribution in [0.4, 0.5) is 17.3 Å². The second kappa shape index (κ2) is 5.90. The Morgan fingerprint density at radius 3 is 2.78 bits per heavy atom. The lowest BCUT2D eigenvalue weighted by Gasteiger charge is -2.20. The normalized spacial score (nSPS) is 29.7. The van der Waals surface area contributed by atoms with Gasteiger partial charge in [0.15, 0.2) is 11.6 Å². The number of aliphatic hydroxyl groups excluding tert-OH is 3. The minimum absolute atomic E-state index is 0.0808. The molecule has 2 aliphatic rings. The van der Waals surface area contributed by atoms with Crippen molar-refractivity contribution < 1.29 is 20.1 Å². The van der Waals surface area contributed by atoms with E-state index < -0.39 is 31.0 Å². The van der Waals surface area contributed by atoms with E-state index >= 15 is 0 Å². The average Bonchev–Trinajstić information content (AvgIpc) is 2.73. The van der Waals surface area contributed by atoms with E-state index in [2.05, 4.69) is 20.3 Å². The zero-order valence-corrected chi connectivity index (χ0v) is 11.8. The van der Waals surface area contributed by atoms with Crippen molar-refractivity contribution >= 4 is 23.5 Å². The third-order valence-corrected chi connectivity index (χ3v) is 3.66. The molecule has 6 N–H and O–H groups in total. The molecule has 0 amide bonds. The van der Waals surface area contributed by atoms with Gasteiger partial charge in [-0.2, -0.15) is 5.26 Å². The van der Waals surface area contributed by atoms with Crippen molar-refractivity contribution in [2.24, 2.45) is 4.99 Å². The van der Waals surface area contributed by atoms with Gasteiger partial charge in [0.1, 0.15) is 42.5 Å². The number of nitrogens with zero attached hydrogens (tertiary/aromatic N) is 4. The molecule has 1 fully saturated rings. The molecule has 0 spiro atoms. The van der Waals surface area contributed by atoms with Crippen LogP contribution in [-0.4, -0.2) is 62.5 Å². The second-order valence-corrected chi connectivity index (χ2v) is 5.04. The fraction of sp³-hybridized carbons (Fsp3) is 0.385. The first-order valence-corrected chi connectivity index (χ1v) is 6.75. The largest absolute Gasteiger partial charge is 0.394 e. The smallest absolute Gasteiger partial charge is 0.161 e. The Balaban J connectivity index is 2.03. The molecular formula is C13H14N6O4. The van der Waals surface area contributed by atoms with E-state index in [9.17, 15) is 20.6 Å². The lowest BCUT2D eigenvalue weighted by molar-refractivity contribution is -0.0138. The highest BCUT2D eigenvalue weighted by atomic mass is 16.6. The zero-order valence-electron chi connectivity index (χ0n) is 11.8. The van der Waals surface area contributed by atoms with Gasteiger partial charge < -0.3 is 31.1 Å². The van der Waals surface area contributed by atoms with Crippen LogP contribution in [-0.2, 0) is 4.74 Å². The first-order chi connectivity index (χ1) is 11.1. The number of aliphatic imine (C=N–C) groups is 1. The SMILES string of the molecule is N#CC1=C([C@@H]2O[C@H](CO)[C@@H](O)[C@H]2O)Nc2ncnc(N)c2N=C1. The summed E-state index contributed by atoms with van der Waals surface area (Å²) in [5.74, 6) is 0.366. The summed E-state index contributed by atoms with van der Waals surface area (Å²) in [6.07, 6.45) is -2.14. The van der Waals surface area contributed by atoms with Crippen LogP contribution in [0.25, 0.3) is 0 Å². The molecule has 0 saturated carbocycles. The van der Waals surface area contributed by atoms with Crippen LogP contribution in [0.15, 0.2) is 22.6 Å². The Morgan fingerprint density at radius 1 is 1.35 bits per heavy atom. The Labute approximate surface area is 130 Å². The third kappa shape index (κ3) is 2.51. The first-order valence-electron chi connectivity index (χ1n) is 6.75. The van der Waals surface area contributed by atoms with Crippen molar-refractivity contribution in [2.45, 2.75) is 24.4 Å². The quantitative estimate of drug-likeness (QED) is 0.433. The standard InChI is InChI=1S/C13H14N6O4/c14-1-5-2-16-8-12(15)17-4-18-13(8)19-7(5)11-10(22)9(21)6(3-20)23-11/h2,4,6,9-11,20-22H,3H2,(H3,15,17,18,19)/t6-,9-,10-,11+/m1/s1. The fourth-order valence-corrected chi connectivity index (χ4v) is 2.46. The van der Waals surface area contributed by atoms with Crippen molar-refractivity contribution in [1.82, 2.24) is 9.97 Å². The van der Waals surface area contributed by atoms with Gasteiger partial charge in [0, 0.05) is 6.21 Å². The monoisotopic (exact) mass is 318 g/mol. The molecular weight excluding hydrogens is 304 g/mol. The van der Waals surface area contributed by atoms with Gasteiger partial charge in [-0.15, -0.1) is 0 Å². The highest BCUT2D eigenvalue weighted by Gasteiger charge is 2.45. The Kier molecular flexibility index (Phi) is 3.93. The number of nitrogens with one attached hydrogen (secondary N) is 1. The predicted octanol–water partition coefficient (Wildman–Crippen LogP) is -1.55. The van der Waals surface area contributed by atoms with E-state index in [0.29, 0.717) is 0 Å². The van der Waals surface area contributed by atoms with Gasteiger partial charge in [-0.1, -0.05) is 0 Å². The maximum Gasteiger partial charge on any atom is 0.161 e. The molecule has 1 saturated heterocycles. The molecule has 3 heterocycles. The van der Waals surface area contributed by atoms with Crippen LogP contribution in [0.5, 0.6) is 0 Å². The van der Waals surface area contributed by atoms with E-state index in [1.807, 2.05) is 6.07 Å². The van der Waals surface area contributed by atoms with Crippen molar-refractivity contribution in [1.29, 1.82) is 5.26 Å². The van der Waals surface area contributed by atoms with Gasteiger partial charge in [-0.05, 0) is 0 Å². The molecule has 10 heteroatoms. The van der Waals surface area contributed by atoms with Crippen LogP contribution in [0.1, 0.15) is 0 Å². The number of aliphatic hydroxyl groups is 3. The molecule has 0 unspecified atom stereocenters. The number of nitrogen functional groups attached to an aromatic ring is 1. The maximum absolute atomic E-state index is 10.1. The Morgan fingerprint density at radius 2 is 2.13 bits per heavy atom. The number of aromatic nitrogens is 2. The summed E-state index contributed by atoms with van der Waals surface area (Å²) >= 11 is 0. The van der Waals surface area contributed by atoms with Crippen LogP contribution >= 0.6 is 0 Å². The fourth-order valence-electron chi connectivity index (χ4n) is 2.46. The predicted molar refractivity (Wildman–Crippen MR) is 78.6 cm³/mol. The topological polar surface area (TPSA) is 170 Å². The molecule has 1 aromatic heterocycles. The molecule has 4 atom stereocenters. The molecule has 0 aliphatic carbocycles. The van der Waals surface area contributed by atoms with E-state index in [1.165, 1.54) is 12.5 Å². The van der Waals surface area contributed by atoms with Crippen LogP contribution in [0.3, 0.4) is 0 Å². The third-order valence-electron chi connectivity index (χ3n) is 3.66. The van der Waals surface area contributed by atoms with Gasteiger partial charge in [0.05, 0.1) is 17.9 Å². The summed E-state index contributed by atoms with van der Waals surface area (Å²) in [6, 6.07) is 1.94.